The van der Waals surface area contributed by atoms with E-state index in [-0.39, 0.29) is 5.91 Å². The van der Waals surface area contributed by atoms with Crippen LogP contribution in [0.4, 0.5) is 19.3 Å². The van der Waals surface area contributed by atoms with Gasteiger partial charge in [-0.2, -0.15) is 0 Å². The van der Waals surface area contributed by atoms with Crippen molar-refractivity contribution in [1.29, 1.82) is 0 Å². The maximum Gasteiger partial charge on any atom is 0.319 e. The average Bonchev–Trinajstić information content (AvgIpc) is 2.66. The van der Waals surface area contributed by atoms with Crippen LogP contribution >= 0.6 is 0 Å². The van der Waals surface area contributed by atoms with Gasteiger partial charge >= 0.3 is 6.03 Å². The predicted octanol–water partition coefficient (Wildman–Crippen LogP) is 4.36. The lowest BCUT2D eigenvalue weighted by atomic mass is 10.1. The van der Waals surface area contributed by atoms with Crippen molar-refractivity contribution in [2.24, 2.45) is 0 Å². The topological polar surface area (TPSA) is 61.4 Å². The minimum absolute atomic E-state index is 0.155. The zero-order valence-corrected chi connectivity index (χ0v) is 15.7. The molecule has 7 heteroatoms. The molecule has 28 heavy (non-hydrogen) atoms. The second-order valence-corrected chi connectivity index (χ2v) is 6.97. The summed E-state index contributed by atoms with van der Waals surface area (Å²) in [5.41, 5.74) is 1.99. The first kappa shape index (κ1) is 19.8. The normalized spacial score (nSPS) is 15.2. The lowest BCUT2D eigenvalue weighted by molar-refractivity contribution is -0.133. The Morgan fingerprint density at radius 3 is 2.71 bits per heavy atom. The molecular weight excluding hydrogens is 364 g/mol. The standard InChI is InChI=1S/C21H23F2N3O2/c1-14(16-8-9-18(22)19(23)12-16)24-21(28)25-17-6-4-5-15(11-17)13-26-10-3-2-7-20(26)27/h4-6,8-9,11-12,14H,2-3,7,10,13H2,1H3,(H2,24,25,28). The molecule has 3 amide bonds. The van der Waals surface area contributed by atoms with E-state index in [2.05, 4.69) is 10.6 Å². The zero-order valence-electron chi connectivity index (χ0n) is 15.7. The van der Waals surface area contributed by atoms with Gasteiger partial charge in [0.2, 0.25) is 5.91 Å². The van der Waals surface area contributed by atoms with E-state index in [1.54, 1.807) is 13.0 Å². The third-order valence-electron chi connectivity index (χ3n) is 4.77. The summed E-state index contributed by atoms with van der Waals surface area (Å²) in [7, 11) is 0. The molecule has 5 nitrogen and oxygen atoms in total. The highest BCUT2D eigenvalue weighted by molar-refractivity contribution is 5.89. The van der Waals surface area contributed by atoms with Crippen molar-refractivity contribution >= 4 is 17.6 Å². The van der Waals surface area contributed by atoms with E-state index in [1.807, 2.05) is 23.1 Å². The Bertz CT molecular complexity index is 872. The molecule has 2 aromatic rings. The molecule has 2 aromatic carbocycles. The smallest absolute Gasteiger partial charge is 0.319 e. The quantitative estimate of drug-likeness (QED) is 0.801. The van der Waals surface area contributed by atoms with Crippen molar-refractivity contribution in [2.45, 2.75) is 38.8 Å². The molecule has 1 heterocycles. The molecule has 0 aromatic heterocycles. The van der Waals surface area contributed by atoms with Gasteiger partial charge in [0, 0.05) is 25.2 Å². The summed E-state index contributed by atoms with van der Waals surface area (Å²) in [4.78, 5) is 26.0. The van der Waals surface area contributed by atoms with Crippen molar-refractivity contribution in [3.05, 3.63) is 65.2 Å². The van der Waals surface area contributed by atoms with Crippen LogP contribution in [-0.4, -0.2) is 23.4 Å². The number of rotatable bonds is 5. The predicted molar refractivity (Wildman–Crippen MR) is 103 cm³/mol. The van der Waals surface area contributed by atoms with Crippen LogP contribution < -0.4 is 10.6 Å². The Morgan fingerprint density at radius 2 is 1.96 bits per heavy atom. The molecule has 0 saturated carbocycles. The summed E-state index contributed by atoms with van der Waals surface area (Å²) in [5, 5.41) is 5.43. The Morgan fingerprint density at radius 1 is 1.14 bits per heavy atom. The van der Waals surface area contributed by atoms with Crippen LogP contribution in [0.5, 0.6) is 0 Å². The fraction of sp³-hybridized carbons (Fsp3) is 0.333. The first-order valence-electron chi connectivity index (χ1n) is 9.31. The van der Waals surface area contributed by atoms with Crippen LogP contribution in [0.1, 0.15) is 43.4 Å². The van der Waals surface area contributed by atoms with Crippen molar-refractivity contribution in [3.63, 3.8) is 0 Å². The van der Waals surface area contributed by atoms with Gasteiger partial charge in [0.15, 0.2) is 11.6 Å². The molecule has 1 unspecified atom stereocenters. The van der Waals surface area contributed by atoms with E-state index in [0.29, 0.717) is 24.2 Å². The van der Waals surface area contributed by atoms with E-state index in [1.165, 1.54) is 6.07 Å². The van der Waals surface area contributed by atoms with Crippen LogP contribution in [-0.2, 0) is 11.3 Å². The van der Waals surface area contributed by atoms with Gasteiger partial charge in [-0.3, -0.25) is 4.79 Å². The highest BCUT2D eigenvalue weighted by Gasteiger charge is 2.18. The highest BCUT2D eigenvalue weighted by Crippen LogP contribution is 2.18. The first-order valence-corrected chi connectivity index (χ1v) is 9.31. The van der Waals surface area contributed by atoms with Gasteiger partial charge in [0.25, 0.3) is 0 Å². The number of halogens is 2. The number of amides is 3. The van der Waals surface area contributed by atoms with E-state index >= 15 is 0 Å². The summed E-state index contributed by atoms with van der Waals surface area (Å²) in [6.07, 6.45) is 2.53. The van der Waals surface area contributed by atoms with Crippen LogP contribution in [0.2, 0.25) is 0 Å². The number of carbonyl (C=O) groups excluding carboxylic acids is 2. The molecular formula is C21H23F2N3O2. The number of likely N-dealkylation sites (tertiary alicyclic amines) is 1. The van der Waals surface area contributed by atoms with Crippen LogP contribution in [0.25, 0.3) is 0 Å². The van der Waals surface area contributed by atoms with Crippen LogP contribution in [0, 0.1) is 11.6 Å². The number of hydrogen-bond donors (Lipinski definition) is 2. The Hall–Kier alpha value is -2.96. The minimum atomic E-state index is -0.952. The van der Waals surface area contributed by atoms with Gasteiger partial charge in [0.05, 0.1) is 6.04 Å². The largest absolute Gasteiger partial charge is 0.338 e. The van der Waals surface area contributed by atoms with Gasteiger partial charge in [-0.05, 0) is 55.2 Å². The maximum absolute atomic E-state index is 13.4. The summed E-state index contributed by atoms with van der Waals surface area (Å²) < 4.78 is 26.4. The summed E-state index contributed by atoms with van der Waals surface area (Å²) >= 11 is 0. The Balaban J connectivity index is 1.59. The number of benzene rings is 2. The number of carbonyl (C=O) groups is 2. The van der Waals surface area contributed by atoms with Gasteiger partial charge in [-0.15, -0.1) is 0 Å². The fourth-order valence-electron chi connectivity index (χ4n) is 3.23. The highest BCUT2D eigenvalue weighted by atomic mass is 19.2. The third kappa shape index (κ3) is 5.06. The monoisotopic (exact) mass is 387 g/mol. The van der Waals surface area contributed by atoms with Crippen LogP contribution in [0.3, 0.4) is 0 Å². The van der Waals surface area contributed by atoms with Gasteiger partial charge in [-0.25, -0.2) is 13.6 Å². The van der Waals surface area contributed by atoms with Crippen molar-refractivity contribution in [3.8, 4) is 0 Å². The fourth-order valence-corrected chi connectivity index (χ4v) is 3.23. The molecule has 1 fully saturated rings. The van der Waals surface area contributed by atoms with Crippen molar-refractivity contribution in [2.75, 3.05) is 11.9 Å². The number of nitrogens with one attached hydrogen (secondary N) is 2. The third-order valence-corrected chi connectivity index (χ3v) is 4.77. The molecule has 1 saturated heterocycles. The van der Waals surface area contributed by atoms with Gasteiger partial charge < -0.3 is 15.5 Å². The SMILES string of the molecule is CC(NC(=O)Nc1cccc(CN2CCCCC2=O)c1)c1ccc(F)c(F)c1. The lowest BCUT2D eigenvalue weighted by Gasteiger charge is -2.26. The second kappa shape index (κ2) is 8.82. The molecule has 148 valence electrons. The molecule has 0 radical (unpaired) electrons. The van der Waals surface area contributed by atoms with Crippen molar-refractivity contribution in [1.82, 2.24) is 10.2 Å². The molecule has 3 rings (SSSR count). The molecule has 1 atom stereocenters. The number of anilines is 1. The van der Waals surface area contributed by atoms with Crippen LogP contribution in [0.15, 0.2) is 42.5 Å². The Labute approximate surface area is 162 Å². The molecule has 1 aliphatic rings. The number of urea groups is 1. The summed E-state index contributed by atoms with van der Waals surface area (Å²) in [6, 6.07) is 9.88. The molecule has 1 aliphatic heterocycles. The second-order valence-electron chi connectivity index (χ2n) is 6.97. The molecule has 0 aliphatic carbocycles. The number of hydrogen-bond acceptors (Lipinski definition) is 2. The van der Waals surface area contributed by atoms with Crippen molar-refractivity contribution < 1.29 is 18.4 Å². The molecule has 0 spiro atoms. The summed E-state index contributed by atoms with van der Waals surface area (Å²) in [5.74, 6) is -1.72. The summed E-state index contributed by atoms with van der Waals surface area (Å²) in [6.45, 7) is 2.95. The lowest BCUT2D eigenvalue weighted by Crippen LogP contribution is -2.34. The Kier molecular flexibility index (Phi) is 6.23. The van der Waals surface area contributed by atoms with E-state index < -0.39 is 23.7 Å². The average molecular weight is 387 g/mol. The zero-order chi connectivity index (χ0) is 20.1. The first-order chi connectivity index (χ1) is 13.4. The number of piperidine rings is 1. The van der Waals surface area contributed by atoms with Gasteiger partial charge in [-0.1, -0.05) is 18.2 Å². The van der Waals surface area contributed by atoms with Gasteiger partial charge in [0.1, 0.15) is 0 Å². The minimum Gasteiger partial charge on any atom is -0.338 e. The maximum atomic E-state index is 13.4. The number of nitrogens with zero attached hydrogens (tertiary/aromatic N) is 1. The molecule has 2 N–H and O–H groups in total. The van der Waals surface area contributed by atoms with E-state index in [0.717, 1.165) is 37.1 Å². The van der Waals surface area contributed by atoms with E-state index in [4.69, 9.17) is 0 Å². The van der Waals surface area contributed by atoms with E-state index in [9.17, 15) is 18.4 Å². The molecule has 0 bridgehead atoms.